The first-order valence-corrected chi connectivity index (χ1v) is 7.34. The number of hydrogen-bond acceptors (Lipinski definition) is 3. The molecule has 5 heteroatoms. The third kappa shape index (κ3) is 2.02. The van der Waals surface area contributed by atoms with Crippen molar-refractivity contribution < 1.29 is 13.8 Å². The molecule has 1 aromatic carbocycles. The maximum Gasteiger partial charge on any atom is 0.245 e. The van der Waals surface area contributed by atoms with Crippen LogP contribution in [-0.2, 0) is 15.6 Å². The zero-order valence-corrected chi connectivity index (χ0v) is 12.3. The minimum atomic E-state index is -1.40. The second kappa shape index (κ2) is 4.56. The Labute approximate surface area is 115 Å². The summed E-state index contributed by atoms with van der Waals surface area (Å²) in [5.74, 6) is -0.233. The summed E-state index contributed by atoms with van der Waals surface area (Å²) in [6.45, 7) is 7.22. The van der Waals surface area contributed by atoms with E-state index < -0.39 is 15.5 Å². The highest BCUT2D eigenvalue weighted by molar-refractivity contribution is 7.87. The van der Waals surface area contributed by atoms with E-state index in [0.29, 0.717) is 22.7 Å². The quantitative estimate of drug-likeness (QED) is 0.779. The van der Waals surface area contributed by atoms with Gasteiger partial charge >= 0.3 is 0 Å². The highest BCUT2D eigenvalue weighted by Gasteiger charge is 2.44. The zero-order valence-electron chi connectivity index (χ0n) is 11.5. The summed E-state index contributed by atoms with van der Waals surface area (Å²) in [5.41, 5.74) is 1.12. The van der Waals surface area contributed by atoms with Gasteiger partial charge in [0, 0.05) is 12.1 Å². The highest BCUT2D eigenvalue weighted by atomic mass is 32.2. The molecule has 0 radical (unpaired) electrons. The van der Waals surface area contributed by atoms with Gasteiger partial charge < -0.3 is 4.90 Å². The van der Waals surface area contributed by atoms with Crippen LogP contribution in [0, 0.1) is 0 Å². The van der Waals surface area contributed by atoms with E-state index in [2.05, 4.69) is 0 Å². The molecule has 0 spiro atoms. The number of anilines is 1. The van der Waals surface area contributed by atoms with Gasteiger partial charge in [0.15, 0.2) is 5.78 Å². The Bertz CT molecular complexity index is 592. The van der Waals surface area contributed by atoms with Gasteiger partial charge in [-0.1, -0.05) is 6.07 Å². The van der Waals surface area contributed by atoms with Gasteiger partial charge in [0.05, 0.1) is 21.4 Å². The monoisotopic (exact) mass is 279 g/mol. The number of Topliss-reactive ketones (excluding diaryl/α,β-unsaturated/α-hetero) is 1. The molecular formula is C14H17NO3S. The molecule has 4 nitrogen and oxygen atoms in total. The average Bonchev–Trinajstić information content (AvgIpc) is 2.37. The summed E-state index contributed by atoms with van der Waals surface area (Å²) < 4.78 is 11.5. The fourth-order valence-corrected chi connectivity index (χ4v) is 3.58. The van der Waals surface area contributed by atoms with Crippen molar-refractivity contribution in [2.24, 2.45) is 0 Å². The first-order valence-electron chi connectivity index (χ1n) is 6.19. The fourth-order valence-electron chi connectivity index (χ4n) is 2.21. The molecule has 1 amide bonds. The van der Waals surface area contributed by atoms with E-state index >= 15 is 0 Å². The molecule has 1 heterocycles. The van der Waals surface area contributed by atoms with E-state index in [4.69, 9.17) is 0 Å². The van der Waals surface area contributed by atoms with Gasteiger partial charge in [-0.05, 0) is 39.8 Å². The Morgan fingerprint density at radius 3 is 2.53 bits per heavy atom. The summed E-state index contributed by atoms with van der Waals surface area (Å²) in [5, 5.41) is 0. The number of benzene rings is 1. The van der Waals surface area contributed by atoms with Crippen molar-refractivity contribution in [3.63, 3.8) is 0 Å². The molecule has 0 bridgehead atoms. The summed E-state index contributed by atoms with van der Waals surface area (Å²) in [6.07, 6.45) is 0. The molecule has 0 saturated carbocycles. The van der Waals surface area contributed by atoms with Crippen LogP contribution in [0.15, 0.2) is 23.1 Å². The summed E-state index contributed by atoms with van der Waals surface area (Å²) in [7, 11) is -1.40. The average molecular weight is 279 g/mol. The van der Waals surface area contributed by atoms with Gasteiger partial charge in [0.1, 0.15) is 4.75 Å². The largest absolute Gasteiger partial charge is 0.310 e. The lowest BCUT2D eigenvalue weighted by Crippen LogP contribution is -2.51. The fraction of sp³-hybridized carbons (Fsp3) is 0.429. The van der Waals surface area contributed by atoms with Crippen LogP contribution in [0.1, 0.15) is 38.1 Å². The molecule has 2 rings (SSSR count). The minimum absolute atomic E-state index is 0.0677. The number of carbonyl (C=O) groups is 2. The van der Waals surface area contributed by atoms with Crippen LogP contribution in [0.4, 0.5) is 5.69 Å². The van der Waals surface area contributed by atoms with Crippen molar-refractivity contribution in [1.29, 1.82) is 0 Å². The smallest absolute Gasteiger partial charge is 0.245 e. The molecule has 19 heavy (non-hydrogen) atoms. The van der Waals surface area contributed by atoms with E-state index in [9.17, 15) is 13.8 Å². The first-order chi connectivity index (χ1) is 8.80. The lowest BCUT2D eigenvalue weighted by atomic mass is 10.1. The minimum Gasteiger partial charge on any atom is -0.310 e. The molecule has 102 valence electrons. The number of fused-ring (bicyclic) bond motifs is 1. The second-order valence-corrected chi connectivity index (χ2v) is 7.07. The molecule has 1 unspecified atom stereocenters. The van der Waals surface area contributed by atoms with E-state index in [-0.39, 0.29) is 11.7 Å². The molecule has 1 aromatic rings. The Balaban J connectivity index is 2.68. The van der Waals surface area contributed by atoms with Crippen LogP contribution in [0.25, 0.3) is 0 Å². The number of nitrogens with zero attached hydrogens (tertiary/aromatic N) is 1. The summed E-state index contributed by atoms with van der Waals surface area (Å²) in [4.78, 5) is 26.0. The van der Waals surface area contributed by atoms with Gasteiger partial charge in [-0.3, -0.25) is 13.8 Å². The SMILES string of the molecule is CCN1C(=O)C(C)(C)S(=O)c2ccc(C(C)=O)cc21. The molecular weight excluding hydrogens is 262 g/mol. The van der Waals surface area contributed by atoms with Crippen LogP contribution in [0.3, 0.4) is 0 Å². The normalized spacial score (nSPS) is 21.2. The van der Waals surface area contributed by atoms with E-state index in [1.165, 1.54) is 6.92 Å². The molecule has 0 aromatic heterocycles. The molecule has 1 aliphatic rings. The maximum absolute atomic E-state index is 12.5. The van der Waals surface area contributed by atoms with Gasteiger partial charge in [-0.15, -0.1) is 0 Å². The second-order valence-electron chi connectivity index (χ2n) is 5.07. The molecule has 1 atom stereocenters. The predicted molar refractivity (Wildman–Crippen MR) is 75.0 cm³/mol. The standard InChI is InChI=1S/C14H17NO3S/c1-5-15-11-8-10(9(2)16)6-7-12(11)19(18)14(3,4)13(15)17/h6-8H,5H2,1-4H3. The Morgan fingerprint density at radius 1 is 1.37 bits per heavy atom. The van der Waals surface area contributed by atoms with Crippen molar-refractivity contribution in [3.8, 4) is 0 Å². The Hall–Kier alpha value is -1.49. The van der Waals surface area contributed by atoms with Crippen LogP contribution in [0.5, 0.6) is 0 Å². The van der Waals surface area contributed by atoms with Gasteiger partial charge in [0.2, 0.25) is 5.91 Å². The third-order valence-electron chi connectivity index (χ3n) is 3.40. The van der Waals surface area contributed by atoms with Crippen LogP contribution in [0.2, 0.25) is 0 Å². The maximum atomic E-state index is 12.5. The molecule has 0 aliphatic carbocycles. The molecule has 1 aliphatic heterocycles. The van der Waals surface area contributed by atoms with Crippen LogP contribution >= 0.6 is 0 Å². The van der Waals surface area contributed by atoms with Crippen LogP contribution in [-0.4, -0.2) is 27.2 Å². The topological polar surface area (TPSA) is 54.5 Å². The van der Waals surface area contributed by atoms with Crippen molar-refractivity contribution in [2.45, 2.75) is 37.3 Å². The third-order valence-corrected chi connectivity index (χ3v) is 5.24. The van der Waals surface area contributed by atoms with Crippen molar-refractivity contribution in [1.82, 2.24) is 0 Å². The summed E-state index contributed by atoms with van der Waals surface area (Å²) >= 11 is 0. The number of ketones is 1. The van der Waals surface area contributed by atoms with Gasteiger partial charge in [-0.25, -0.2) is 0 Å². The number of hydrogen-bond donors (Lipinski definition) is 0. The summed E-state index contributed by atoms with van der Waals surface area (Å²) in [6, 6.07) is 5.02. The predicted octanol–water partition coefficient (Wildman–Crippen LogP) is 2.14. The number of amides is 1. The first kappa shape index (κ1) is 13.9. The highest BCUT2D eigenvalue weighted by Crippen LogP contribution is 2.37. The van der Waals surface area contributed by atoms with E-state index in [1.54, 1.807) is 36.9 Å². The van der Waals surface area contributed by atoms with Crippen molar-refractivity contribution in [3.05, 3.63) is 23.8 Å². The Kier molecular flexibility index (Phi) is 3.34. The van der Waals surface area contributed by atoms with E-state index in [0.717, 1.165) is 0 Å². The molecule has 0 fully saturated rings. The van der Waals surface area contributed by atoms with Crippen molar-refractivity contribution >= 4 is 28.2 Å². The number of carbonyl (C=O) groups excluding carboxylic acids is 2. The van der Waals surface area contributed by atoms with Gasteiger partial charge in [-0.2, -0.15) is 0 Å². The Morgan fingerprint density at radius 2 is 2.00 bits per heavy atom. The van der Waals surface area contributed by atoms with Crippen LogP contribution < -0.4 is 4.90 Å². The van der Waals surface area contributed by atoms with E-state index in [1.807, 2.05) is 6.92 Å². The lowest BCUT2D eigenvalue weighted by molar-refractivity contribution is -0.120. The molecule has 0 N–H and O–H groups in total. The van der Waals surface area contributed by atoms with Crippen molar-refractivity contribution in [2.75, 3.05) is 11.4 Å². The van der Waals surface area contributed by atoms with Gasteiger partial charge in [0.25, 0.3) is 0 Å². The molecule has 0 saturated heterocycles. The lowest BCUT2D eigenvalue weighted by Gasteiger charge is -2.37. The number of rotatable bonds is 2. The zero-order chi connectivity index (χ0) is 14.4.